The van der Waals surface area contributed by atoms with Crippen LogP contribution in [0.2, 0.25) is 0 Å². The van der Waals surface area contributed by atoms with Crippen molar-refractivity contribution in [2.45, 2.75) is 25.8 Å². The summed E-state index contributed by atoms with van der Waals surface area (Å²) in [6, 6.07) is 11.8. The van der Waals surface area contributed by atoms with E-state index in [-0.39, 0.29) is 11.7 Å². The van der Waals surface area contributed by atoms with Gasteiger partial charge in [0.1, 0.15) is 5.75 Å². The van der Waals surface area contributed by atoms with E-state index in [0.717, 1.165) is 16.8 Å². The number of phenolic OH excluding ortho intramolecular Hbond substituents is 1. The van der Waals surface area contributed by atoms with Crippen molar-refractivity contribution in [3.63, 3.8) is 0 Å². The minimum Gasteiger partial charge on any atom is -0.508 e. The molecular weight excluding hydrogens is 294 g/mol. The van der Waals surface area contributed by atoms with Crippen LogP contribution in [0.25, 0.3) is 0 Å². The molecule has 0 saturated heterocycles. The summed E-state index contributed by atoms with van der Waals surface area (Å²) >= 11 is 0. The Labute approximate surface area is 133 Å². The molecule has 0 spiro atoms. The highest BCUT2D eigenvalue weighted by Crippen LogP contribution is 2.31. The van der Waals surface area contributed by atoms with Gasteiger partial charge in [-0.1, -0.05) is 25.1 Å². The molecule has 2 aromatic rings. The molecule has 1 heterocycles. The number of anilines is 1. The third-order valence-electron chi connectivity index (χ3n) is 4.21. The zero-order valence-electron chi connectivity index (χ0n) is 12.7. The number of aromatic hydroxyl groups is 1. The van der Waals surface area contributed by atoms with Crippen LogP contribution in [0.1, 0.15) is 40.7 Å². The molecule has 0 bridgehead atoms. The van der Waals surface area contributed by atoms with E-state index < -0.39 is 11.9 Å². The molecule has 5 nitrogen and oxygen atoms in total. The number of carboxylic acid groups (broad SMARTS) is 1. The number of carbonyl (C=O) groups excluding carboxylic acids is 1. The third-order valence-corrected chi connectivity index (χ3v) is 4.21. The van der Waals surface area contributed by atoms with Crippen molar-refractivity contribution >= 4 is 17.6 Å². The van der Waals surface area contributed by atoms with Crippen molar-refractivity contribution < 1.29 is 19.8 Å². The molecule has 0 radical (unpaired) electrons. The van der Waals surface area contributed by atoms with Gasteiger partial charge in [-0.3, -0.25) is 9.59 Å². The number of aliphatic carboxylic acids is 1. The molecule has 2 aromatic carbocycles. The fourth-order valence-corrected chi connectivity index (χ4v) is 2.94. The molecule has 3 rings (SSSR count). The summed E-state index contributed by atoms with van der Waals surface area (Å²) in [5, 5.41) is 18.7. The number of carbonyl (C=O) groups is 2. The summed E-state index contributed by atoms with van der Waals surface area (Å²) in [5.74, 6) is -1.47. The van der Waals surface area contributed by atoms with Gasteiger partial charge in [-0.05, 0) is 41.8 Å². The number of carboxylic acids is 1. The van der Waals surface area contributed by atoms with E-state index in [1.165, 1.54) is 6.07 Å². The van der Waals surface area contributed by atoms with Crippen LogP contribution >= 0.6 is 0 Å². The number of rotatable bonds is 4. The molecule has 0 unspecified atom stereocenters. The summed E-state index contributed by atoms with van der Waals surface area (Å²) in [4.78, 5) is 25.3. The van der Waals surface area contributed by atoms with Crippen LogP contribution in [0.4, 0.5) is 5.69 Å². The molecule has 1 aliphatic heterocycles. The van der Waals surface area contributed by atoms with E-state index in [2.05, 4.69) is 0 Å². The number of amides is 1. The summed E-state index contributed by atoms with van der Waals surface area (Å²) in [7, 11) is 0. The van der Waals surface area contributed by atoms with Gasteiger partial charge in [-0.2, -0.15) is 0 Å². The number of nitrogens with zero attached hydrogens (tertiary/aromatic N) is 1. The van der Waals surface area contributed by atoms with Gasteiger partial charge in [0.25, 0.3) is 5.91 Å². The minimum absolute atomic E-state index is 0.0709. The van der Waals surface area contributed by atoms with Crippen LogP contribution in [0.3, 0.4) is 0 Å². The highest BCUT2D eigenvalue weighted by Gasteiger charge is 2.29. The molecule has 1 aliphatic rings. The standard InChI is InChI=1S/C18H17NO4/c1-2-15(18(22)23)11-3-6-13(7-4-11)19-10-12-5-8-14(20)9-16(12)17(19)21/h3-9,15,20H,2,10H2,1H3,(H,22,23)/t15-/m0/s1. The van der Waals surface area contributed by atoms with Crippen molar-refractivity contribution in [2.24, 2.45) is 0 Å². The Balaban J connectivity index is 1.87. The first-order valence-electron chi connectivity index (χ1n) is 7.47. The van der Waals surface area contributed by atoms with E-state index in [0.29, 0.717) is 18.5 Å². The maximum Gasteiger partial charge on any atom is 0.310 e. The van der Waals surface area contributed by atoms with Crippen LogP contribution in [-0.4, -0.2) is 22.1 Å². The average molecular weight is 311 g/mol. The second-order valence-corrected chi connectivity index (χ2v) is 5.62. The van der Waals surface area contributed by atoms with Crippen LogP contribution in [-0.2, 0) is 11.3 Å². The third kappa shape index (κ3) is 2.65. The second-order valence-electron chi connectivity index (χ2n) is 5.62. The first-order valence-corrected chi connectivity index (χ1v) is 7.47. The monoisotopic (exact) mass is 311 g/mol. The Kier molecular flexibility index (Phi) is 3.78. The molecule has 0 aromatic heterocycles. The van der Waals surface area contributed by atoms with Crippen LogP contribution in [0, 0.1) is 0 Å². The Morgan fingerprint density at radius 3 is 2.52 bits per heavy atom. The molecule has 118 valence electrons. The lowest BCUT2D eigenvalue weighted by Gasteiger charge is -2.17. The maximum atomic E-state index is 12.5. The summed E-state index contributed by atoms with van der Waals surface area (Å²) in [6.07, 6.45) is 0.516. The van der Waals surface area contributed by atoms with Gasteiger partial charge in [-0.25, -0.2) is 0 Å². The number of fused-ring (bicyclic) bond motifs is 1. The smallest absolute Gasteiger partial charge is 0.310 e. The predicted molar refractivity (Wildman–Crippen MR) is 85.7 cm³/mol. The predicted octanol–water partition coefficient (Wildman–Crippen LogP) is 3.13. The van der Waals surface area contributed by atoms with E-state index in [9.17, 15) is 19.8 Å². The normalized spacial score (nSPS) is 14.7. The number of phenols is 1. The Bertz CT molecular complexity index is 767. The molecule has 0 saturated carbocycles. The fraction of sp³-hybridized carbons (Fsp3) is 0.222. The van der Waals surface area contributed by atoms with Crippen molar-refractivity contribution in [1.82, 2.24) is 0 Å². The van der Waals surface area contributed by atoms with Crippen molar-refractivity contribution in [1.29, 1.82) is 0 Å². The topological polar surface area (TPSA) is 77.8 Å². The van der Waals surface area contributed by atoms with E-state index in [1.54, 1.807) is 41.3 Å². The van der Waals surface area contributed by atoms with Gasteiger partial charge in [0.15, 0.2) is 0 Å². The van der Waals surface area contributed by atoms with E-state index in [4.69, 9.17) is 0 Å². The average Bonchev–Trinajstić information content (AvgIpc) is 2.85. The molecule has 5 heteroatoms. The molecule has 1 amide bonds. The molecule has 1 atom stereocenters. The van der Waals surface area contributed by atoms with Crippen LogP contribution in [0.5, 0.6) is 5.75 Å². The summed E-state index contributed by atoms with van der Waals surface area (Å²) in [5.41, 5.74) is 2.82. The van der Waals surface area contributed by atoms with Gasteiger partial charge in [-0.15, -0.1) is 0 Å². The highest BCUT2D eigenvalue weighted by molar-refractivity contribution is 6.10. The Hall–Kier alpha value is -2.82. The van der Waals surface area contributed by atoms with Gasteiger partial charge in [0, 0.05) is 11.3 Å². The lowest BCUT2D eigenvalue weighted by Crippen LogP contribution is -2.23. The van der Waals surface area contributed by atoms with Gasteiger partial charge >= 0.3 is 5.97 Å². The fourth-order valence-electron chi connectivity index (χ4n) is 2.94. The van der Waals surface area contributed by atoms with Crippen molar-refractivity contribution in [3.8, 4) is 5.75 Å². The number of hydrogen-bond acceptors (Lipinski definition) is 3. The maximum absolute atomic E-state index is 12.5. The minimum atomic E-state index is -0.847. The largest absolute Gasteiger partial charge is 0.508 e. The number of benzene rings is 2. The van der Waals surface area contributed by atoms with Crippen LogP contribution < -0.4 is 4.90 Å². The lowest BCUT2D eigenvalue weighted by molar-refractivity contribution is -0.138. The molecular formula is C18H17NO4. The molecule has 0 aliphatic carbocycles. The van der Waals surface area contributed by atoms with Gasteiger partial charge in [0.05, 0.1) is 12.5 Å². The number of hydrogen-bond donors (Lipinski definition) is 2. The summed E-state index contributed by atoms with van der Waals surface area (Å²) in [6.45, 7) is 2.28. The quantitative estimate of drug-likeness (QED) is 0.909. The zero-order valence-corrected chi connectivity index (χ0v) is 12.7. The first kappa shape index (κ1) is 15.1. The zero-order chi connectivity index (χ0) is 16.6. The van der Waals surface area contributed by atoms with Gasteiger partial charge < -0.3 is 15.1 Å². The van der Waals surface area contributed by atoms with Crippen LogP contribution in [0.15, 0.2) is 42.5 Å². The van der Waals surface area contributed by atoms with Crippen molar-refractivity contribution in [2.75, 3.05) is 4.90 Å². The van der Waals surface area contributed by atoms with Gasteiger partial charge in [0.2, 0.25) is 0 Å². The van der Waals surface area contributed by atoms with Crippen molar-refractivity contribution in [3.05, 3.63) is 59.2 Å². The molecule has 0 fully saturated rings. The second kappa shape index (κ2) is 5.76. The first-order chi connectivity index (χ1) is 11.0. The Morgan fingerprint density at radius 2 is 1.91 bits per heavy atom. The lowest BCUT2D eigenvalue weighted by atomic mass is 9.96. The molecule has 23 heavy (non-hydrogen) atoms. The molecule has 2 N–H and O–H groups in total. The Morgan fingerprint density at radius 1 is 1.22 bits per heavy atom. The van der Waals surface area contributed by atoms with E-state index in [1.807, 2.05) is 6.92 Å². The highest BCUT2D eigenvalue weighted by atomic mass is 16.4. The van der Waals surface area contributed by atoms with E-state index >= 15 is 0 Å². The SMILES string of the molecule is CC[C@H](C(=O)O)c1ccc(N2Cc3ccc(O)cc3C2=O)cc1. The summed E-state index contributed by atoms with van der Waals surface area (Å²) < 4.78 is 0.